The summed E-state index contributed by atoms with van der Waals surface area (Å²) in [6.07, 6.45) is 5.24. The number of rotatable bonds is 8. The highest BCUT2D eigenvalue weighted by molar-refractivity contribution is 8.27. The predicted octanol–water partition coefficient (Wildman–Crippen LogP) is 7.67. The van der Waals surface area contributed by atoms with Crippen molar-refractivity contribution in [3.05, 3.63) is 99.4 Å². The van der Waals surface area contributed by atoms with Crippen molar-refractivity contribution in [3.63, 3.8) is 0 Å². The summed E-state index contributed by atoms with van der Waals surface area (Å²) in [5.74, 6) is 0.646. The lowest BCUT2D eigenvalue weighted by Crippen LogP contribution is -2.27. The molecule has 0 aromatic heterocycles. The second kappa shape index (κ2) is 11.0. The van der Waals surface area contributed by atoms with Crippen molar-refractivity contribution in [2.24, 2.45) is 0 Å². The van der Waals surface area contributed by atoms with Gasteiger partial charge in [0.25, 0.3) is 5.91 Å². The van der Waals surface area contributed by atoms with Crippen molar-refractivity contribution < 1.29 is 9.53 Å². The van der Waals surface area contributed by atoms with Crippen molar-refractivity contribution in [1.29, 1.82) is 0 Å². The van der Waals surface area contributed by atoms with Crippen molar-refractivity contribution in [3.8, 4) is 5.75 Å². The van der Waals surface area contributed by atoms with E-state index in [0.717, 1.165) is 41.8 Å². The van der Waals surface area contributed by atoms with Crippen LogP contribution >= 0.6 is 35.6 Å². The number of thioether (sulfide) groups is 1. The standard InChI is InChI=1S/C27H24ClNO2S2/c1-2-3-6-19-9-13-22(14-10-19)29-26(30)25(33-27(29)32)17-20-11-15-23(16-12-20)31-18-21-7-4-5-8-24(21)28/h4-5,7-17H,2-3,6,18H2,1H3. The number of carbonyl (C=O) groups excluding carboxylic acids is 1. The molecule has 1 saturated heterocycles. The lowest BCUT2D eigenvalue weighted by Gasteiger charge is -2.15. The summed E-state index contributed by atoms with van der Waals surface area (Å²) in [5.41, 5.74) is 3.93. The van der Waals surface area contributed by atoms with E-state index in [9.17, 15) is 4.79 Å². The van der Waals surface area contributed by atoms with Gasteiger partial charge in [-0.15, -0.1) is 0 Å². The number of nitrogens with zero attached hydrogens (tertiary/aromatic N) is 1. The first-order valence-corrected chi connectivity index (χ1v) is 12.5. The third-order valence-corrected chi connectivity index (χ3v) is 7.01. The first-order valence-electron chi connectivity index (χ1n) is 10.9. The van der Waals surface area contributed by atoms with Crippen LogP contribution < -0.4 is 9.64 Å². The van der Waals surface area contributed by atoms with Gasteiger partial charge in [0.2, 0.25) is 0 Å². The molecule has 0 atom stereocenters. The van der Waals surface area contributed by atoms with Gasteiger partial charge in [0.15, 0.2) is 4.32 Å². The third kappa shape index (κ3) is 5.85. The number of carbonyl (C=O) groups is 1. The van der Waals surface area contributed by atoms with Gasteiger partial charge in [-0.25, -0.2) is 0 Å². The number of hydrogen-bond donors (Lipinski definition) is 0. The molecule has 1 aliphatic rings. The number of amides is 1. The molecular formula is C27H24ClNO2S2. The quantitative estimate of drug-likeness (QED) is 0.238. The fraction of sp³-hybridized carbons (Fsp3) is 0.185. The topological polar surface area (TPSA) is 29.5 Å². The van der Waals surface area contributed by atoms with E-state index < -0.39 is 0 Å². The molecule has 3 nitrogen and oxygen atoms in total. The van der Waals surface area contributed by atoms with Gasteiger partial charge < -0.3 is 4.74 Å². The second-order valence-electron chi connectivity index (χ2n) is 7.74. The summed E-state index contributed by atoms with van der Waals surface area (Å²) in [6.45, 7) is 2.58. The van der Waals surface area contributed by atoms with E-state index in [2.05, 4.69) is 19.1 Å². The number of thiocarbonyl (C=S) groups is 1. The summed E-state index contributed by atoms with van der Waals surface area (Å²) < 4.78 is 6.39. The number of halogens is 1. The van der Waals surface area contributed by atoms with Crippen LogP contribution in [0.4, 0.5) is 5.69 Å². The summed E-state index contributed by atoms with van der Waals surface area (Å²) in [7, 11) is 0. The average Bonchev–Trinajstić information content (AvgIpc) is 3.11. The van der Waals surface area contributed by atoms with Crippen LogP contribution in [0.1, 0.15) is 36.5 Å². The van der Waals surface area contributed by atoms with Crippen LogP contribution in [0, 0.1) is 0 Å². The van der Waals surface area contributed by atoms with E-state index in [-0.39, 0.29) is 5.91 Å². The van der Waals surface area contributed by atoms with Gasteiger partial charge in [-0.05, 0) is 60.4 Å². The van der Waals surface area contributed by atoms with Crippen LogP contribution in [0.5, 0.6) is 5.75 Å². The Hall–Kier alpha value is -2.60. The first kappa shape index (κ1) is 23.6. The second-order valence-corrected chi connectivity index (χ2v) is 9.82. The minimum atomic E-state index is -0.0923. The van der Waals surface area contributed by atoms with Crippen LogP contribution in [0.2, 0.25) is 5.02 Å². The maximum absolute atomic E-state index is 13.0. The maximum Gasteiger partial charge on any atom is 0.270 e. The molecule has 0 saturated carbocycles. The molecule has 1 aliphatic heterocycles. The zero-order chi connectivity index (χ0) is 23.2. The number of aryl methyl sites for hydroxylation is 1. The van der Waals surface area contributed by atoms with Gasteiger partial charge in [-0.1, -0.05) is 91.4 Å². The smallest absolute Gasteiger partial charge is 0.270 e. The number of anilines is 1. The van der Waals surface area contributed by atoms with Gasteiger partial charge in [-0.2, -0.15) is 0 Å². The van der Waals surface area contributed by atoms with Crippen LogP contribution in [0.25, 0.3) is 6.08 Å². The van der Waals surface area contributed by atoms with Crippen LogP contribution in [-0.4, -0.2) is 10.2 Å². The molecule has 0 bridgehead atoms. The largest absolute Gasteiger partial charge is 0.489 e. The minimum Gasteiger partial charge on any atom is -0.489 e. The van der Waals surface area contributed by atoms with E-state index >= 15 is 0 Å². The van der Waals surface area contributed by atoms with E-state index in [0.29, 0.717) is 20.9 Å². The Morgan fingerprint density at radius 3 is 2.45 bits per heavy atom. The Balaban J connectivity index is 1.42. The molecule has 0 unspecified atom stereocenters. The number of hydrogen-bond acceptors (Lipinski definition) is 4. The third-order valence-electron chi connectivity index (χ3n) is 5.34. The Bertz CT molecular complexity index is 1170. The normalized spacial score (nSPS) is 14.8. The Labute approximate surface area is 209 Å². The molecule has 168 valence electrons. The minimum absolute atomic E-state index is 0.0923. The lowest BCUT2D eigenvalue weighted by atomic mass is 10.1. The highest BCUT2D eigenvalue weighted by Crippen LogP contribution is 2.36. The molecule has 1 heterocycles. The predicted molar refractivity (Wildman–Crippen MR) is 143 cm³/mol. The van der Waals surface area contributed by atoms with Crippen molar-refractivity contribution in [1.82, 2.24) is 0 Å². The Morgan fingerprint density at radius 1 is 1.03 bits per heavy atom. The van der Waals surface area contributed by atoms with Crippen molar-refractivity contribution >= 4 is 57.6 Å². The zero-order valence-corrected chi connectivity index (χ0v) is 20.7. The Morgan fingerprint density at radius 2 is 1.76 bits per heavy atom. The summed E-state index contributed by atoms with van der Waals surface area (Å²) >= 11 is 13.0. The molecular weight excluding hydrogens is 470 g/mol. The van der Waals surface area contributed by atoms with E-state index in [1.54, 1.807) is 4.90 Å². The van der Waals surface area contributed by atoms with Crippen LogP contribution in [0.3, 0.4) is 0 Å². The van der Waals surface area contributed by atoms with Crippen molar-refractivity contribution in [2.75, 3.05) is 4.90 Å². The molecule has 3 aromatic rings. The van der Waals surface area contributed by atoms with Gasteiger partial charge >= 0.3 is 0 Å². The van der Waals surface area contributed by atoms with E-state index in [1.807, 2.05) is 66.7 Å². The molecule has 1 amide bonds. The molecule has 0 N–H and O–H groups in total. The fourth-order valence-electron chi connectivity index (χ4n) is 3.47. The molecule has 6 heteroatoms. The van der Waals surface area contributed by atoms with Crippen LogP contribution in [-0.2, 0) is 17.8 Å². The fourth-order valence-corrected chi connectivity index (χ4v) is 4.96. The van der Waals surface area contributed by atoms with Gasteiger partial charge in [0.1, 0.15) is 12.4 Å². The molecule has 3 aromatic carbocycles. The summed E-state index contributed by atoms with van der Waals surface area (Å²) in [6, 6.07) is 23.4. The average molecular weight is 494 g/mol. The summed E-state index contributed by atoms with van der Waals surface area (Å²) in [4.78, 5) is 15.3. The van der Waals surface area contributed by atoms with E-state index in [1.165, 1.54) is 17.3 Å². The number of benzene rings is 3. The maximum atomic E-state index is 13.0. The zero-order valence-electron chi connectivity index (χ0n) is 18.3. The molecule has 0 radical (unpaired) electrons. The SMILES string of the molecule is CCCCc1ccc(N2C(=O)C(=Cc3ccc(OCc4ccccc4Cl)cc3)SC2=S)cc1. The molecule has 33 heavy (non-hydrogen) atoms. The molecule has 0 aliphatic carbocycles. The monoisotopic (exact) mass is 493 g/mol. The Kier molecular flexibility index (Phi) is 7.86. The highest BCUT2D eigenvalue weighted by atomic mass is 35.5. The number of unbranched alkanes of at least 4 members (excludes halogenated alkanes) is 1. The molecule has 0 spiro atoms. The lowest BCUT2D eigenvalue weighted by molar-refractivity contribution is -0.113. The molecule has 1 fully saturated rings. The highest BCUT2D eigenvalue weighted by Gasteiger charge is 2.33. The van der Waals surface area contributed by atoms with Gasteiger partial charge in [-0.3, -0.25) is 9.69 Å². The van der Waals surface area contributed by atoms with Gasteiger partial charge in [0.05, 0.1) is 10.6 Å². The first-order chi connectivity index (χ1) is 16.0. The van der Waals surface area contributed by atoms with Crippen molar-refractivity contribution in [2.45, 2.75) is 32.8 Å². The summed E-state index contributed by atoms with van der Waals surface area (Å²) in [5, 5.41) is 0.687. The van der Waals surface area contributed by atoms with E-state index in [4.69, 9.17) is 28.6 Å². The van der Waals surface area contributed by atoms with Gasteiger partial charge in [0, 0.05) is 10.6 Å². The van der Waals surface area contributed by atoms with Crippen LogP contribution in [0.15, 0.2) is 77.7 Å². The number of ether oxygens (including phenoxy) is 1. The molecule has 4 rings (SSSR count).